The van der Waals surface area contributed by atoms with Gasteiger partial charge >= 0.3 is 0 Å². The normalized spacial score (nSPS) is 11.9. The van der Waals surface area contributed by atoms with E-state index in [0.717, 1.165) is 17.0 Å². The maximum atomic E-state index is 12.8. The van der Waals surface area contributed by atoms with Gasteiger partial charge in [-0.05, 0) is 43.7 Å². The summed E-state index contributed by atoms with van der Waals surface area (Å²) in [5.74, 6) is 0.350. The van der Waals surface area contributed by atoms with E-state index < -0.39 is 6.04 Å². The first-order valence-corrected chi connectivity index (χ1v) is 8.72. The molecule has 2 N–H and O–H groups in total. The molecule has 1 atom stereocenters. The molecule has 0 saturated heterocycles. The van der Waals surface area contributed by atoms with Gasteiger partial charge in [0.1, 0.15) is 11.4 Å². The Morgan fingerprint density at radius 2 is 1.93 bits per heavy atom. The minimum atomic E-state index is -0.474. The Morgan fingerprint density at radius 1 is 1.19 bits per heavy atom. The summed E-state index contributed by atoms with van der Waals surface area (Å²) >= 11 is 0. The fourth-order valence-corrected chi connectivity index (χ4v) is 3.03. The number of rotatable bonds is 6. The maximum absolute atomic E-state index is 12.8. The molecular formula is C21H23N3O3. The number of nitrogens with one attached hydrogen (secondary N) is 1. The Balaban J connectivity index is 1.91. The van der Waals surface area contributed by atoms with Gasteiger partial charge in [0.25, 0.3) is 5.91 Å². The van der Waals surface area contributed by atoms with E-state index in [4.69, 9.17) is 4.74 Å². The van der Waals surface area contributed by atoms with E-state index in [-0.39, 0.29) is 12.5 Å². The fourth-order valence-electron chi connectivity index (χ4n) is 3.03. The monoisotopic (exact) mass is 365 g/mol. The van der Waals surface area contributed by atoms with Gasteiger partial charge in [-0.15, -0.1) is 0 Å². The van der Waals surface area contributed by atoms with Gasteiger partial charge in [-0.2, -0.15) is 5.10 Å². The summed E-state index contributed by atoms with van der Waals surface area (Å²) in [7, 11) is 1.58. The van der Waals surface area contributed by atoms with Crippen molar-refractivity contribution in [1.29, 1.82) is 0 Å². The Hall–Kier alpha value is -3.12. The zero-order valence-electron chi connectivity index (χ0n) is 15.6. The summed E-state index contributed by atoms with van der Waals surface area (Å²) in [6, 6.07) is 16.1. The highest BCUT2D eigenvalue weighted by Gasteiger charge is 2.18. The highest BCUT2D eigenvalue weighted by atomic mass is 16.5. The van der Waals surface area contributed by atoms with Crippen molar-refractivity contribution in [2.75, 3.05) is 13.7 Å². The summed E-state index contributed by atoms with van der Waals surface area (Å²) in [5.41, 5.74) is 3.83. The number of aryl methyl sites for hydroxylation is 2. The molecule has 6 heteroatoms. The van der Waals surface area contributed by atoms with E-state index in [1.165, 1.54) is 0 Å². The van der Waals surface area contributed by atoms with Crippen molar-refractivity contribution >= 4 is 5.91 Å². The Morgan fingerprint density at radius 3 is 2.52 bits per heavy atom. The second-order valence-electron chi connectivity index (χ2n) is 6.34. The number of hydrogen-bond acceptors (Lipinski definition) is 4. The van der Waals surface area contributed by atoms with Crippen molar-refractivity contribution in [2.45, 2.75) is 19.9 Å². The van der Waals surface area contributed by atoms with E-state index in [1.807, 2.05) is 50.2 Å². The number of aromatic nitrogens is 2. The number of aliphatic hydroxyl groups is 1. The van der Waals surface area contributed by atoms with Crippen LogP contribution in [0.1, 0.15) is 33.4 Å². The SMILES string of the molecule is COc1ccc(C(=O)N[C@H](CO)c2ccccc2)cc1-n1nc(C)cc1C. The maximum Gasteiger partial charge on any atom is 0.251 e. The summed E-state index contributed by atoms with van der Waals surface area (Å²) in [6.07, 6.45) is 0. The Kier molecular flexibility index (Phi) is 5.57. The average Bonchev–Trinajstić information content (AvgIpc) is 3.03. The van der Waals surface area contributed by atoms with Gasteiger partial charge in [-0.25, -0.2) is 4.68 Å². The molecule has 27 heavy (non-hydrogen) atoms. The Bertz CT molecular complexity index is 935. The number of benzene rings is 2. The minimum Gasteiger partial charge on any atom is -0.494 e. The predicted molar refractivity (Wildman–Crippen MR) is 103 cm³/mol. The lowest BCUT2D eigenvalue weighted by molar-refractivity contribution is 0.0916. The van der Waals surface area contributed by atoms with Crippen molar-refractivity contribution in [1.82, 2.24) is 15.1 Å². The fraction of sp³-hybridized carbons (Fsp3) is 0.238. The molecule has 0 fully saturated rings. The number of aliphatic hydroxyl groups excluding tert-OH is 1. The van der Waals surface area contributed by atoms with Crippen molar-refractivity contribution in [3.63, 3.8) is 0 Å². The van der Waals surface area contributed by atoms with Gasteiger partial charge < -0.3 is 15.2 Å². The number of ether oxygens (including phenoxy) is 1. The van der Waals surface area contributed by atoms with Crippen LogP contribution in [-0.2, 0) is 0 Å². The van der Waals surface area contributed by atoms with Crippen LogP contribution >= 0.6 is 0 Å². The van der Waals surface area contributed by atoms with Crippen LogP contribution in [0.15, 0.2) is 54.6 Å². The molecule has 3 aromatic rings. The molecule has 140 valence electrons. The highest BCUT2D eigenvalue weighted by molar-refractivity contribution is 5.95. The van der Waals surface area contributed by atoms with Crippen molar-refractivity contribution < 1.29 is 14.6 Å². The van der Waals surface area contributed by atoms with Crippen molar-refractivity contribution in [3.8, 4) is 11.4 Å². The predicted octanol–water partition coefficient (Wildman–Crippen LogP) is 2.96. The lowest BCUT2D eigenvalue weighted by Crippen LogP contribution is -2.30. The van der Waals surface area contributed by atoms with E-state index in [9.17, 15) is 9.90 Å². The third-order valence-corrected chi connectivity index (χ3v) is 4.37. The van der Waals surface area contributed by atoms with E-state index >= 15 is 0 Å². The molecule has 0 saturated carbocycles. The summed E-state index contributed by atoms with van der Waals surface area (Å²) in [6.45, 7) is 3.68. The second-order valence-corrected chi connectivity index (χ2v) is 6.34. The summed E-state index contributed by atoms with van der Waals surface area (Å²) < 4.78 is 7.19. The average molecular weight is 365 g/mol. The Labute approximate surface area is 158 Å². The molecule has 1 amide bonds. The first kappa shape index (κ1) is 18.7. The molecule has 0 spiro atoms. The standard InChI is InChI=1S/C21H23N3O3/c1-14-11-15(2)24(23-14)19-12-17(9-10-20(19)27-3)21(26)22-18(13-25)16-7-5-4-6-8-16/h4-12,18,25H,13H2,1-3H3,(H,22,26)/t18-/m1/s1. The van der Waals surface area contributed by atoms with Crippen LogP contribution in [0, 0.1) is 13.8 Å². The summed E-state index contributed by atoms with van der Waals surface area (Å²) in [5, 5.41) is 17.0. The van der Waals surface area contributed by atoms with E-state index in [1.54, 1.807) is 30.0 Å². The quantitative estimate of drug-likeness (QED) is 0.704. The molecular weight excluding hydrogens is 342 g/mol. The third kappa shape index (κ3) is 4.01. The van der Waals surface area contributed by atoms with Crippen LogP contribution < -0.4 is 10.1 Å². The first-order chi connectivity index (χ1) is 13.0. The molecule has 2 aromatic carbocycles. The molecule has 0 radical (unpaired) electrons. The molecule has 0 unspecified atom stereocenters. The number of methoxy groups -OCH3 is 1. The van der Waals surface area contributed by atoms with E-state index in [2.05, 4.69) is 10.4 Å². The van der Waals surface area contributed by atoms with Crippen LogP contribution in [0.5, 0.6) is 5.75 Å². The number of amides is 1. The summed E-state index contributed by atoms with van der Waals surface area (Å²) in [4.78, 5) is 12.8. The number of hydrogen-bond donors (Lipinski definition) is 2. The van der Waals surface area contributed by atoms with Gasteiger partial charge in [0.05, 0.1) is 25.5 Å². The molecule has 0 aliphatic rings. The van der Waals surface area contributed by atoms with Gasteiger partial charge in [0.15, 0.2) is 0 Å². The van der Waals surface area contributed by atoms with E-state index in [0.29, 0.717) is 17.0 Å². The van der Waals surface area contributed by atoms with Gasteiger partial charge in [-0.1, -0.05) is 30.3 Å². The van der Waals surface area contributed by atoms with Crippen LogP contribution in [0.25, 0.3) is 5.69 Å². The number of nitrogens with zero attached hydrogens (tertiary/aromatic N) is 2. The van der Waals surface area contributed by atoms with Crippen molar-refractivity contribution in [3.05, 3.63) is 77.1 Å². The van der Waals surface area contributed by atoms with Gasteiger partial charge in [0.2, 0.25) is 0 Å². The smallest absolute Gasteiger partial charge is 0.251 e. The number of carbonyl (C=O) groups excluding carboxylic acids is 1. The van der Waals surface area contributed by atoms with Crippen LogP contribution in [-0.4, -0.2) is 34.5 Å². The van der Waals surface area contributed by atoms with Gasteiger partial charge in [0, 0.05) is 11.3 Å². The minimum absolute atomic E-state index is 0.184. The van der Waals surface area contributed by atoms with Crippen LogP contribution in [0.3, 0.4) is 0 Å². The second kappa shape index (κ2) is 8.05. The molecule has 0 aliphatic carbocycles. The first-order valence-electron chi connectivity index (χ1n) is 8.72. The van der Waals surface area contributed by atoms with Gasteiger partial charge in [-0.3, -0.25) is 4.79 Å². The molecule has 0 bridgehead atoms. The molecule has 1 heterocycles. The molecule has 3 rings (SSSR count). The largest absolute Gasteiger partial charge is 0.494 e. The zero-order valence-corrected chi connectivity index (χ0v) is 15.6. The topological polar surface area (TPSA) is 76.4 Å². The lowest BCUT2D eigenvalue weighted by Gasteiger charge is -2.18. The molecule has 0 aliphatic heterocycles. The number of carbonyl (C=O) groups is 1. The highest BCUT2D eigenvalue weighted by Crippen LogP contribution is 2.26. The third-order valence-electron chi connectivity index (χ3n) is 4.37. The van der Waals surface area contributed by atoms with Crippen LogP contribution in [0.2, 0.25) is 0 Å². The van der Waals surface area contributed by atoms with Crippen LogP contribution in [0.4, 0.5) is 0 Å². The van der Waals surface area contributed by atoms with Crippen molar-refractivity contribution in [2.24, 2.45) is 0 Å². The molecule has 1 aromatic heterocycles. The lowest BCUT2D eigenvalue weighted by atomic mass is 10.1. The molecule has 6 nitrogen and oxygen atoms in total. The zero-order chi connectivity index (χ0) is 19.4.